The highest BCUT2D eigenvalue weighted by molar-refractivity contribution is 5.26. The maximum Gasteiger partial charge on any atom is 0.102 e. The molecule has 0 N–H and O–H groups in total. The predicted molar refractivity (Wildman–Crippen MR) is 33.3 cm³/mol. The van der Waals surface area contributed by atoms with Crippen LogP contribution in [0, 0.1) is 11.3 Å². The molecular weight excluding hydrogens is 114 g/mol. The van der Waals surface area contributed by atoms with Crippen LogP contribution in [-0.4, -0.2) is 9.78 Å². The smallest absolute Gasteiger partial charge is 0.102 e. The van der Waals surface area contributed by atoms with Gasteiger partial charge in [0, 0.05) is 12.4 Å². The summed E-state index contributed by atoms with van der Waals surface area (Å²) in [5.74, 6) is 0. The van der Waals surface area contributed by atoms with Crippen LogP contribution in [-0.2, 0) is 0 Å². The minimum absolute atomic E-state index is 0.551. The van der Waals surface area contributed by atoms with Crippen LogP contribution in [0.5, 0.6) is 0 Å². The third kappa shape index (κ3) is 0.970. The Balaban J connectivity index is 3.03. The molecule has 0 atom stereocenters. The SMILES string of the molecule is C=Cn1cc(C#N)cn1. The second kappa shape index (κ2) is 2.14. The first-order valence-electron chi connectivity index (χ1n) is 2.43. The molecule has 0 aliphatic rings. The lowest BCUT2D eigenvalue weighted by Crippen LogP contribution is -1.81. The zero-order valence-corrected chi connectivity index (χ0v) is 4.78. The van der Waals surface area contributed by atoms with Crippen LogP contribution in [0.3, 0.4) is 0 Å². The summed E-state index contributed by atoms with van der Waals surface area (Å²) in [5.41, 5.74) is 0.551. The molecule has 0 amide bonds. The van der Waals surface area contributed by atoms with Crippen molar-refractivity contribution in [3.8, 4) is 6.07 Å². The van der Waals surface area contributed by atoms with Gasteiger partial charge >= 0.3 is 0 Å². The first-order chi connectivity index (χ1) is 4.36. The van der Waals surface area contributed by atoms with Gasteiger partial charge in [-0.05, 0) is 0 Å². The van der Waals surface area contributed by atoms with Crippen LogP contribution < -0.4 is 0 Å². The van der Waals surface area contributed by atoms with Crippen LogP contribution in [0.25, 0.3) is 6.20 Å². The fourth-order valence-corrected chi connectivity index (χ4v) is 0.496. The van der Waals surface area contributed by atoms with Crippen LogP contribution >= 0.6 is 0 Å². The first kappa shape index (κ1) is 5.57. The Morgan fingerprint density at radius 1 is 1.89 bits per heavy atom. The van der Waals surface area contributed by atoms with E-state index < -0.39 is 0 Å². The monoisotopic (exact) mass is 119 g/mol. The van der Waals surface area contributed by atoms with Crippen molar-refractivity contribution in [1.82, 2.24) is 9.78 Å². The van der Waals surface area contributed by atoms with E-state index in [2.05, 4.69) is 11.7 Å². The lowest BCUT2D eigenvalue weighted by molar-refractivity contribution is 0.937. The highest BCUT2D eigenvalue weighted by Gasteiger charge is 1.89. The fraction of sp³-hybridized carbons (Fsp3) is 0. The van der Waals surface area contributed by atoms with Crippen molar-refractivity contribution in [3.63, 3.8) is 0 Å². The number of hydrogen-bond donors (Lipinski definition) is 0. The molecule has 0 aliphatic carbocycles. The van der Waals surface area contributed by atoms with Gasteiger partial charge in [-0.25, -0.2) is 4.68 Å². The quantitative estimate of drug-likeness (QED) is 0.550. The average Bonchev–Trinajstić information content (AvgIpc) is 2.34. The van der Waals surface area contributed by atoms with Gasteiger partial charge < -0.3 is 0 Å². The first-order valence-corrected chi connectivity index (χ1v) is 2.43. The molecule has 44 valence electrons. The molecule has 0 saturated heterocycles. The Hall–Kier alpha value is -1.56. The Labute approximate surface area is 52.8 Å². The van der Waals surface area contributed by atoms with Gasteiger partial charge in [0.1, 0.15) is 6.07 Å². The maximum atomic E-state index is 8.31. The summed E-state index contributed by atoms with van der Waals surface area (Å²) in [6.45, 7) is 3.47. The molecule has 3 nitrogen and oxygen atoms in total. The molecule has 1 aromatic heterocycles. The topological polar surface area (TPSA) is 41.6 Å². The summed E-state index contributed by atoms with van der Waals surface area (Å²) < 4.78 is 1.48. The summed E-state index contributed by atoms with van der Waals surface area (Å²) in [4.78, 5) is 0. The molecule has 0 radical (unpaired) electrons. The Morgan fingerprint density at radius 2 is 2.67 bits per heavy atom. The molecular formula is C6H5N3. The maximum absolute atomic E-state index is 8.31. The molecule has 0 aliphatic heterocycles. The Kier molecular flexibility index (Phi) is 1.32. The number of nitriles is 1. The zero-order chi connectivity index (χ0) is 6.69. The fourth-order valence-electron chi connectivity index (χ4n) is 0.496. The number of nitrogens with zero attached hydrogens (tertiary/aromatic N) is 3. The minimum atomic E-state index is 0.551. The second-order valence-electron chi connectivity index (χ2n) is 1.50. The number of hydrogen-bond acceptors (Lipinski definition) is 2. The third-order valence-corrected chi connectivity index (χ3v) is 0.918. The molecule has 0 aromatic carbocycles. The minimum Gasteiger partial charge on any atom is -0.247 e. The van der Waals surface area contributed by atoms with Crippen molar-refractivity contribution in [3.05, 3.63) is 24.5 Å². The van der Waals surface area contributed by atoms with E-state index in [1.54, 1.807) is 6.20 Å². The van der Waals surface area contributed by atoms with Crippen molar-refractivity contribution < 1.29 is 0 Å². The number of aromatic nitrogens is 2. The van der Waals surface area contributed by atoms with E-state index in [1.165, 1.54) is 17.1 Å². The molecule has 0 spiro atoms. The summed E-state index contributed by atoms with van der Waals surface area (Å²) in [6, 6.07) is 1.95. The van der Waals surface area contributed by atoms with E-state index in [4.69, 9.17) is 5.26 Å². The highest BCUT2D eigenvalue weighted by Crippen LogP contribution is 1.93. The molecule has 1 heterocycles. The molecule has 9 heavy (non-hydrogen) atoms. The molecule has 0 unspecified atom stereocenters. The largest absolute Gasteiger partial charge is 0.247 e. The highest BCUT2D eigenvalue weighted by atomic mass is 15.2. The summed E-state index contributed by atoms with van der Waals surface area (Å²) >= 11 is 0. The van der Waals surface area contributed by atoms with E-state index in [0.29, 0.717) is 5.56 Å². The van der Waals surface area contributed by atoms with Gasteiger partial charge in [-0.2, -0.15) is 10.4 Å². The van der Waals surface area contributed by atoms with Crippen molar-refractivity contribution >= 4 is 6.20 Å². The molecule has 0 saturated carbocycles. The van der Waals surface area contributed by atoms with Crippen molar-refractivity contribution in [2.75, 3.05) is 0 Å². The Bertz CT molecular complexity index is 254. The van der Waals surface area contributed by atoms with Crippen LogP contribution in [0.4, 0.5) is 0 Å². The van der Waals surface area contributed by atoms with Gasteiger partial charge in [0.25, 0.3) is 0 Å². The van der Waals surface area contributed by atoms with E-state index >= 15 is 0 Å². The summed E-state index contributed by atoms with van der Waals surface area (Å²) in [7, 11) is 0. The van der Waals surface area contributed by atoms with Crippen LogP contribution in [0.2, 0.25) is 0 Å². The molecule has 0 bridgehead atoms. The van der Waals surface area contributed by atoms with Gasteiger partial charge in [-0.3, -0.25) is 0 Å². The normalized spacial score (nSPS) is 8.33. The molecule has 1 aromatic rings. The zero-order valence-electron chi connectivity index (χ0n) is 4.78. The van der Waals surface area contributed by atoms with Crippen LogP contribution in [0.15, 0.2) is 19.0 Å². The lowest BCUT2D eigenvalue weighted by Gasteiger charge is -1.81. The van der Waals surface area contributed by atoms with Gasteiger partial charge in [0.15, 0.2) is 0 Å². The van der Waals surface area contributed by atoms with Gasteiger partial charge in [0.05, 0.1) is 11.8 Å². The van der Waals surface area contributed by atoms with Gasteiger partial charge in [-0.1, -0.05) is 6.58 Å². The summed E-state index contributed by atoms with van der Waals surface area (Å²) in [5, 5.41) is 12.1. The molecule has 3 heteroatoms. The van der Waals surface area contributed by atoms with E-state index in [0.717, 1.165) is 0 Å². The average molecular weight is 119 g/mol. The van der Waals surface area contributed by atoms with Crippen molar-refractivity contribution in [2.45, 2.75) is 0 Å². The molecule has 1 rings (SSSR count). The van der Waals surface area contributed by atoms with E-state index in [9.17, 15) is 0 Å². The van der Waals surface area contributed by atoms with E-state index in [-0.39, 0.29) is 0 Å². The van der Waals surface area contributed by atoms with Gasteiger partial charge in [0.2, 0.25) is 0 Å². The Morgan fingerprint density at radius 3 is 3.00 bits per heavy atom. The standard InChI is InChI=1S/C6H5N3/c1-2-9-5-6(3-7)4-8-9/h2,4-5H,1H2. The van der Waals surface area contributed by atoms with Crippen molar-refractivity contribution in [2.24, 2.45) is 0 Å². The van der Waals surface area contributed by atoms with E-state index in [1.807, 2.05) is 6.07 Å². The van der Waals surface area contributed by atoms with Gasteiger partial charge in [-0.15, -0.1) is 0 Å². The van der Waals surface area contributed by atoms with Crippen molar-refractivity contribution in [1.29, 1.82) is 5.26 Å². The third-order valence-electron chi connectivity index (χ3n) is 0.918. The predicted octanol–water partition coefficient (Wildman–Crippen LogP) is 0.855. The summed E-state index contributed by atoms with van der Waals surface area (Å²) in [6.07, 6.45) is 4.62. The van der Waals surface area contributed by atoms with Crippen LogP contribution in [0.1, 0.15) is 5.56 Å². The number of rotatable bonds is 1. The lowest BCUT2D eigenvalue weighted by atomic mass is 10.4. The second-order valence-corrected chi connectivity index (χ2v) is 1.50. The molecule has 0 fully saturated rings.